The normalized spacial score (nSPS) is 14.1. The minimum atomic E-state index is -3.34. The highest BCUT2D eigenvalue weighted by Gasteiger charge is 2.46. The summed E-state index contributed by atoms with van der Waals surface area (Å²) in [5.74, 6) is 2.31. The average Bonchev–Trinajstić information content (AvgIpc) is 2.89. The van der Waals surface area contributed by atoms with Crippen molar-refractivity contribution in [3.8, 4) is 45.5 Å². The highest BCUT2D eigenvalue weighted by molar-refractivity contribution is 7.86. The van der Waals surface area contributed by atoms with E-state index >= 15 is 4.57 Å². The van der Waals surface area contributed by atoms with Crippen molar-refractivity contribution in [2.45, 2.75) is 13.8 Å². The van der Waals surface area contributed by atoms with Crippen LogP contribution in [0.25, 0.3) is 22.5 Å². The van der Waals surface area contributed by atoms with Gasteiger partial charge in [-0.05, 0) is 86.6 Å². The summed E-state index contributed by atoms with van der Waals surface area (Å²) in [5, 5.41) is 1.91. The number of hydrogen-bond donors (Lipinski definition) is 0. The minimum Gasteiger partial charge on any atom is -0.456 e. The van der Waals surface area contributed by atoms with Crippen molar-refractivity contribution in [2.24, 2.45) is 0 Å². The highest BCUT2D eigenvalue weighted by atomic mass is 31.2. The number of pyridine rings is 2. The Labute approximate surface area is 208 Å². The van der Waals surface area contributed by atoms with Gasteiger partial charge in [-0.3, -0.25) is 9.97 Å². The Morgan fingerprint density at radius 3 is 1.53 bits per heavy atom. The molecule has 36 heavy (non-hydrogen) atoms. The number of aryl methyl sites for hydroxylation is 2. The Bertz CT molecular complexity index is 1640. The van der Waals surface area contributed by atoms with Crippen LogP contribution in [0.1, 0.15) is 11.4 Å². The molecule has 3 aromatic carbocycles. The first-order valence-electron chi connectivity index (χ1n) is 11.8. The second-order valence-electron chi connectivity index (χ2n) is 9.11. The van der Waals surface area contributed by atoms with Crippen LogP contribution < -0.4 is 25.4 Å². The van der Waals surface area contributed by atoms with Crippen LogP contribution in [0.5, 0.6) is 23.0 Å². The molecule has 0 bridgehead atoms. The van der Waals surface area contributed by atoms with Crippen LogP contribution in [0, 0.1) is 13.8 Å². The highest BCUT2D eigenvalue weighted by Crippen LogP contribution is 2.58. The fourth-order valence-electron chi connectivity index (χ4n) is 5.01. The van der Waals surface area contributed by atoms with E-state index in [0.717, 1.165) is 33.9 Å². The molecule has 4 heterocycles. The van der Waals surface area contributed by atoms with Crippen LogP contribution in [0.3, 0.4) is 0 Å². The third kappa shape index (κ3) is 3.06. The van der Waals surface area contributed by atoms with Gasteiger partial charge < -0.3 is 14.0 Å². The lowest BCUT2D eigenvalue weighted by Gasteiger charge is -2.34. The number of nitrogens with zero attached hydrogens (tertiary/aromatic N) is 2. The molecule has 0 aliphatic carbocycles. The summed E-state index contributed by atoms with van der Waals surface area (Å²) in [6, 6.07) is 29.0. The van der Waals surface area contributed by atoms with Gasteiger partial charge in [-0.25, -0.2) is 0 Å². The van der Waals surface area contributed by atoms with Crippen LogP contribution in [-0.2, 0) is 4.57 Å². The van der Waals surface area contributed by atoms with Gasteiger partial charge in [-0.15, -0.1) is 0 Å². The molecule has 5 aromatic rings. The third-order valence-electron chi connectivity index (χ3n) is 6.68. The first-order valence-corrected chi connectivity index (χ1v) is 13.5. The van der Waals surface area contributed by atoms with Crippen molar-refractivity contribution in [1.82, 2.24) is 9.97 Å². The van der Waals surface area contributed by atoms with E-state index in [9.17, 15) is 0 Å². The Balaban J connectivity index is 1.50. The Morgan fingerprint density at radius 1 is 0.583 bits per heavy atom. The number of benzene rings is 3. The van der Waals surface area contributed by atoms with Crippen LogP contribution in [0.2, 0.25) is 0 Å². The third-order valence-corrected chi connectivity index (χ3v) is 9.81. The molecule has 0 saturated carbocycles. The first-order chi connectivity index (χ1) is 17.5. The zero-order chi connectivity index (χ0) is 24.4. The van der Waals surface area contributed by atoms with Crippen LogP contribution >= 0.6 is 7.14 Å². The average molecular weight is 488 g/mol. The van der Waals surface area contributed by atoms with Crippen LogP contribution in [-0.4, -0.2) is 9.97 Å². The van der Waals surface area contributed by atoms with Gasteiger partial charge in [0.1, 0.15) is 28.3 Å². The van der Waals surface area contributed by atoms with E-state index in [1.54, 1.807) is 0 Å². The molecule has 0 radical (unpaired) electrons. The number of aromatic nitrogens is 2. The maximum absolute atomic E-state index is 15.4. The maximum atomic E-state index is 15.4. The summed E-state index contributed by atoms with van der Waals surface area (Å²) in [7, 11) is -3.34. The smallest absolute Gasteiger partial charge is 0.185 e. The summed E-state index contributed by atoms with van der Waals surface area (Å²) in [6.45, 7) is 3.93. The molecule has 0 unspecified atom stereocenters. The van der Waals surface area contributed by atoms with Gasteiger partial charge in [0.05, 0.1) is 22.0 Å². The Morgan fingerprint density at radius 2 is 1.06 bits per heavy atom. The quantitative estimate of drug-likeness (QED) is 0.268. The minimum absolute atomic E-state index is 0.564. The largest absolute Gasteiger partial charge is 0.456 e. The van der Waals surface area contributed by atoms with Crippen LogP contribution in [0.15, 0.2) is 91.0 Å². The molecular formula is C30H21N2O3P. The predicted octanol–water partition coefficient (Wildman–Crippen LogP) is 6.28. The standard InChI is InChI=1S/C30H21N2O3P/c1-18-6-3-8-22(31-18)20-12-14-24-28(16-20)36(33)29-17-21(23-9-4-7-19(2)32-23)13-15-25(29)35-27-11-5-10-26(34-24)30(27)36/h3-17H,1-2H3. The number of hydrogen-bond acceptors (Lipinski definition) is 5. The summed E-state index contributed by atoms with van der Waals surface area (Å²) in [5.41, 5.74) is 5.28. The van der Waals surface area contributed by atoms with Gasteiger partial charge in [0, 0.05) is 22.5 Å². The molecule has 174 valence electrons. The van der Waals surface area contributed by atoms with Crippen molar-refractivity contribution in [2.75, 3.05) is 0 Å². The van der Waals surface area contributed by atoms with Crippen LogP contribution in [0.4, 0.5) is 0 Å². The zero-order valence-electron chi connectivity index (χ0n) is 19.7. The van der Waals surface area contributed by atoms with Gasteiger partial charge in [-0.1, -0.05) is 18.2 Å². The van der Waals surface area contributed by atoms with Gasteiger partial charge in [-0.2, -0.15) is 0 Å². The molecule has 7 rings (SSSR count). The summed E-state index contributed by atoms with van der Waals surface area (Å²) >= 11 is 0. The maximum Gasteiger partial charge on any atom is 0.185 e. The fraction of sp³-hybridized carbons (Fsp3) is 0.0667. The van der Waals surface area contributed by atoms with E-state index in [2.05, 4.69) is 9.97 Å². The SMILES string of the molecule is Cc1cccc(-c2ccc3c(c2)P2(=O)c4cc(-c5cccc(C)n5)ccc4Oc4cccc(c42)O3)n1. The summed E-state index contributed by atoms with van der Waals surface area (Å²) in [4.78, 5) is 9.37. The van der Waals surface area contributed by atoms with Gasteiger partial charge in [0.2, 0.25) is 0 Å². The molecule has 0 N–H and O–H groups in total. The second kappa shape index (κ2) is 7.64. The lowest BCUT2D eigenvalue weighted by atomic mass is 10.1. The van der Waals surface area contributed by atoms with Gasteiger partial charge in [0.15, 0.2) is 7.14 Å². The molecule has 0 spiro atoms. The van der Waals surface area contributed by atoms with E-state index in [-0.39, 0.29) is 0 Å². The van der Waals surface area contributed by atoms with Crippen molar-refractivity contribution < 1.29 is 14.0 Å². The molecule has 0 fully saturated rings. The number of ether oxygens (including phenoxy) is 2. The molecular weight excluding hydrogens is 467 g/mol. The van der Waals surface area contributed by atoms with E-state index in [0.29, 0.717) is 38.9 Å². The van der Waals surface area contributed by atoms with E-state index < -0.39 is 7.14 Å². The Kier molecular flexibility index (Phi) is 4.48. The monoisotopic (exact) mass is 488 g/mol. The molecule has 2 aromatic heterocycles. The Hall–Kier alpha value is -4.21. The van der Waals surface area contributed by atoms with E-state index in [4.69, 9.17) is 9.47 Å². The number of rotatable bonds is 2. The zero-order valence-corrected chi connectivity index (χ0v) is 20.6. The lowest BCUT2D eigenvalue weighted by Crippen LogP contribution is -2.35. The lowest BCUT2D eigenvalue weighted by molar-refractivity contribution is 0.462. The van der Waals surface area contributed by atoms with Gasteiger partial charge >= 0.3 is 0 Å². The predicted molar refractivity (Wildman–Crippen MR) is 142 cm³/mol. The molecule has 0 amide bonds. The van der Waals surface area contributed by atoms with E-state index in [1.165, 1.54) is 0 Å². The molecule has 0 atom stereocenters. The second-order valence-corrected chi connectivity index (χ2v) is 11.7. The van der Waals surface area contributed by atoms with Crippen molar-refractivity contribution in [1.29, 1.82) is 0 Å². The van der Waals surface area contributed by atoms with Crippen molar-refractivity contribution >= 4 is 23.1 Å². The number of fused-ring (bicyclic) bond motifs is 4. The first kappa shape index (κ1) is 21.1. The molecule has 6 heteroatoms. The van der Waals surface area contributed by atoms with Crippen molar-refractivity contribution in [3.63, 3.8) is 0 Å². The molecule has 5 nitrogen and oxygen atoms in total. The van der Waals surface area contributed by atoms with E-state index in [1.807, 2.05) is 105 Å². The molecule has 2 aliphatic rings. The van der Waals surface area contributed by atoms with Gasteiger partial charge in [0.25, 0.3) is 0 Å². The fourth-order valence-corrected chi connectivity index (χ4v) is 8.12. The summed E-state index contributed by atoms with van der Waals surface area (Å²) < 4.78 is 28.0. The topological polar surface area (TPSA) is 61.3 Å². The molecule has 0 saturated heterocycles. The summed E-state index contributed by atoms with van der Waals surface area (Å²) in [6.07, 6.45) is 0. The van der Waals surface area contributed by atoms with Crippen molar-refractivity contribution in [3.05, 3.63) is 102 Å². The molecule has 2 aliphatic heterocycles.